The van der Waals surface area contributed by atoms with Gasteiger partial charge in [0.2, 0.25) is 0 Å². The highest BCUT2D eigenvalue weighted by atomic mass is 16.5. The molecule has 2 atom stereocenters. The number of nitrogens with zero attached hydrogens (tertiary/aromatic N) is 1. The second-order valence-corrected chi connectivity index (χ2v) is 5.48. The van der Waals surface area contributed by atoms with Crippen molar-refractivity contribution in [3.05, 3.63) is 23.8 Å². The van der Waals surface area contributed by atoms with E-state index in [0.29, 0.717) is 29.0 Å². The number of benzene rings is 1. The number of hydrogen-bond donors (Lipinski definition) is 1. The fourth-order valence-corrected chi connectivity index (χ4v) is 2.90. The molecule has 2 rings (SSSR count). The van der Waals surface area contributed by atoms with Crippen LogP contribution in [0.4, 0.5) is 0 Å². The van der Waals surface area contributed by atoms with Crippen LogP contribution < -0.4 is 14.8 Å². The van der Waals surface area contributed by atoms with Crippen LogP contribution in [0.2, 0.25) is 0 Å². The first-order chi connectivity index (χ1) is 10.1. The molecule has 0 aromatic heterocycles. The molecule has 2 unspecified atom stereocenters. The van der Waals surface area contributed by atoms with Crippen LogP contribution in [0, 0.1) is 5.92 Å². The minimum Gasteiger partial charge on any atom is -0.497 e. The van der Waals surface area contributed by atoms with Gasteiger partial charge in [-0.15, -0.1) is 0 Å². The second-order valence-electron chi connectivity index (χ2n) is 5.48. The largest absolute Gasteiger partial charge is 0.497 e. The van der Waals surface area contributed by atoms with E-state index in [9.17, 15) is 4.79 Å². The lowest BCUT2D eigenvalue weighted by Gasteiger charge is -2.37. The fraction of sp³-hybridized carbons (Fsp3) is 0.562. The van der Waals surface area contributed by atoms with Gasteiger partial charge in [-0.2, -0.15) is 0 Å². The van der Waals surface area contributed by atoms with E-state index in [4.69, 9.17) is 9.47 Å². The Labute approximate surface area is 126 Å². The molecular formula is C16H24N2O3. The number of amides is 1. The molecule has 116 valence electrons. The van der Waals surface area contributed by atoms with E-state index in [0.717, 1.165) is 19.5 Å². The summed E-state index contributed by atoms with van der Waals surface area (Å²) in [5.41, 5.74) is 0.591. The van der Waals surface area contributed by atoms with Crippen LogP contribution in [-0.4, -0.2) is 51.2 Å². The van der Waals surface area contributed by atoms with Crippen molar-refractivity contribution in [2.75, 3.05) is 34.4 Å². The third-order valence-corrected chi connectivity index (χ3v) is 4.20. The first kappa shape index (κ1) is 15.6. The normalized spacial score (nSPS) is 22.0. The number of piperidine rings is 1. The van der Waals surface area contributed by atoms with Gasteiger partial charge in [-0.05, 0) is 31.5 Å². The van der Waals surface area contributed by atoms with E-state index < -0.39 is 0 Å². The van der Waals surface area contributed by atoms with Crippen LogP contribution in [0.3, 0.4) is 0 Å². The maximum Gasteiger partial charge on any atom is 0.257 e. The molecule has 1 amide bonds. The van der Waals surface area contributed by atoms with Crippen LogP contribution >= 0.6 is 0 Å². The molecule has 1 aliphatic rings. The van der Waals surface area contributed by atoms with Crippen molar-refractivity contribution in [3.63, 3.8) is 0 Å². The molecule has 0 spiro atoms. The van der Waals surface area contributed by atoms with Gasteiger partial charge in [-0.25, -0.2) is 0 Å². The number of carbonyl (C=O) groups excluding carboxylic acids is 1. The molecule has 1 N–H and O–H groups in total. The lowest BCUT2D eigenvalue weighted by Crippen LogP contribution is -2.49. The highest BCUT2D eigenvalue weighted by Gasteiger charge is 2.29. The van der Waals surface area contributed by atoms with E-state index in [2.05, 4.69) is 12.2 Å². The van der Waals surface area contributed by atoms with Crippen molar-refractivity contribution in [2.45, 2.75) is 19.4 Å². The molecule has 5 heteroatoms. The summed E-state index contributed by atoms with van der Waals surface area (Å²) in [4.78, 5) is 14.6. The van der Waals surface area contributed by atoms with Crippen molar-refractivity contribution >= 4 is 5.91 Å². The molecule has 1 aromatic carbocycles. The number of hydrogen-bond acceptors (Lipinski definition) is 4. The number of carbonyl (C=O) groups is 1. The second kappa shape index (κ2) is 6.80. The van der Waals surface area contributed by atoms with Crippen LogP contribution in [0.15, 0.2) is 18.2 Å². The number of likely N-dealkylation sites (tertiary alicyclic amines) is 1. The van der Waals surface area contributed by atoms with E-state index in [1.165, 1.54) is 0 Å². The average Bonchev–Trinajstić information content (AvgIpc) is 2.53. The van der Waals surface area contributed by atoms with E-state index in [1.807, 2.05) is 11.9 Å². The minimum atomic E-state index is 0.0240. The van der Waals surface area contributed by atoms with Crippen molar-refractivity contribution < 1.29 is 14.3 Å². The van der Waals surface area contributed by atoms with Crippen molar-refractivity contribution in [1.82, 2.24) is 10.2 Å². The molecule has 1 aliphatic heterocycles. The zero-order valence-electron chi connectivity index (χ0n) is 13.2. The Balaban J connectivity index is 2.17. The fourth-order valence-electron chi connectivity index (χ4n) is 2.90. The monoisotopic (exact) mass is 292 g/mol. The Bertz CT molecular complexity index is 504. The summed E-state index contributed by atoms with van der Waals surface area (Å²) in [5, 5.41) is 3.31. The molecule has 1 saturated heterocycles. The van der Waals surface area contributed by atoms with E-state index >= 15 is 0 Å². The highest BCUT2D eigenvalue weighted by molar-refractivity contribution is 5.97. The predicted octanol–water partition coefficient (Wildman–Crippen LogP) is 1.77. The minimum absolute atomic E-state index is 0.0240. The molecule has 0 aliphatic carbocycles. The molecular weight excluding hydrogens is 268 g/mol. The van der Waals surface area contributed by atoms with Gasteiger partial charge in [-0.3, -0.25) is 4.79 Å². The van der Waals surface area contributed by atoms with Gasteiger partial charge in [0.1, 0.15) is 11.5 Å². The van der Waals surface area contributed by atoms with Gasteiger partial charge in [0, 0.05) is 25.2 Å². The Morgan fingerprint density at radius 1 is 1.33 bits per heavy atom. The van der Waals surface area contributed by atoms with Crippen LogP contribution in [-0.2, 0) is 0 Å². The summed E-state index contributed by atoms with van der Waals surface area (Å²) in [6.07, 6.45) is 0.974. The predicted molar refractivity (Wildman–Crippen MR) is 82.1 cm³/mol. The first-order valence-electron chi connectivity index (χ1n) is 7.29. The van der Waals surface area contributed by atoms with Gasteiger partial charge in [0.25, 0.3) is 5.91 Å². The summed E-state index contributed by atoms with van der Waals surface area (Å²) in [6, 6.07) is 5.79. The van der Waals surface area contributed by atoms with Gasteiger partial charge >= 0.3 is 0 Å². The Kier molecular flexibility index (Phi) is 5.07. The third-order valence-electron chi connectivity index (χ3n) is 4.20. The Morgan fingerprint density at radius 2 is 2.10 bits per heavy atom. The van der Waals surface area contributed by atoms with Crippen LogP contribution in [0.25, 0.3) is 0 Å². The van der Waals surface area contributed by atoms with Crippen molar-refractivity contribution in [1.29, 1.82) is 0 Å². The SMILES string of the molecule is CNC1CCN(C(=O)c2ccc(OC)cc2OC)CC1C. The maximum absolute atomic E-state index is 12.7. The lowest BCUT2D eigenvalue weighted by molar-refractivity contribution is 0.0646. The number of rotatable bonds is 4. The summed E-state index contributed by atoms with van der Waals surface area (Å²) < 4.78 is 10.5. The Hall–Kier alpha value is -1.75. The van der Waals surface area contributed by atoms with Crippen molar-refractivity contribution in [3.8, 4) is 11.5 Å². The zero-order valence-corrected chi connectivity index (χ0v) is 13.2. The summed E-state index contributed by atoms with van der Waals surface area (Å²) in [6.45, 7) is 3.70. The first-order valence-corrected chi connectivity index (χ1v) is 7.29. The molecule has 0 saturated carbocycles. The smallest absolute Gasteiger partial charge is 0.257 e. The van der Waals surface area contributed by atoms with Crippen molar-refractivity contribution in [2.24, 2.45) is 5.92 Å². The van der Waals surface area contributed by atoms with Crippen LogP contribution in [0.1, 0.15) is 23.7 Å². The topological polar surface area (TPSA) is 50.8 Å². The molecule has 21 heavy (non-hydrogen) atoms. The van der Waals surface area contributed by atoms with E-state index in [-0.39, 0.29) is 5.91 Å². The Morgan fingerprint density at radius 3 is 2.67 bits per heavy atom. The quantitative estimate of drug-likeness (QED) is 0.919. The van der Waals surface area contributed by atoms with Gasteiger partial charge in [0.15, 0.2) is 0 Å². The molecule has 1 heterocycles. The molecule has 0 radical (unpaired) electrons. The standard InChI is InChI=1S/C16H24N2O3/c1-11-10-18(8-7-14(11)17-2)16(19)13-6-5-12(20-3)9-15(13)21-4/h5-6,9,11,14,17H,7-8,10H2,1-4H3. The number of methoxy groups -OCH3 is 2. The molecule has 1 aromatic rings. The molecule has 1 fully saturated rings. The summed E-state index contributed by atoms with van der Waals surface area (Å²) >= 11 is 0. The van der Waals surface area contributed by atoms with Gasteiger partial charge in [0.05, 0.1) is 19.8 Å². The average molecular weight is 292 g/mol. The highest BCUT2D eigenvalue weighted by Crippen LogP contribution is 2.27. The molecule has 0 bridgehead atoms. The van der Waals surface area contributed by atoms with E-state index in [1.54, 1.807) is 32.4 Å². The lowest BCUT2D eigenvalue weighted by atomic mass is 9.93. The summed E-state index contributed by atoms with van der Waals surface area (Å²) in [7, 11) is 5.15. The molecule has 5 nitrogen and oxygen atoms in total. The number of nitrogens with one attached hydrogen (secondary N) is 1. The number of ether oxygens (including phenoxy) is 2. The zero-order chi connectivity index (χ0) is 15.4. The van der Waals surface area contributed by atoms with Gasteiger partial charge in [-0.1, -0.05) is 6.92 Å². The summed E-state index contributed by atoms with van der Waals surface area (Å²) in [5.74, 6) is 1.71. The maximum atomic E-state index is 12.7. The van der Waals surface area contributed by atoms with Crippen LogP contribution in [0.5, 0.6) is 11.5 Å². The van der Waals surface area contributed by atoms with Gasteiger partial charge < -0.3 is 19.7 Å². The third kappa shape index (κ3) is 3.29.